The van der Waals surface area contributed by atoms with Gasteiger partial charge >= 0.3 is 5.97 Å². The lowest BCUT2D eigenvalue weighted by molar-refractivity contribution is -0.137. The number of rotatable bonds is 13. The molecule has 1 aliphatic rings. The number of aliphatic hydroxyl groups excluding tert-OH is 1. The lowest BCUT2D eigenvalue weighted by Gasteiger charge is -2.11. The van der Waals surface area contributed by atoms with Crippen molar-refractivity contribution in [3.63, 3.8) is 0 Å². The van der Waals surface area contributed by atoms with E-state index in [0.717, 1.165) is 25.7 Å². The molecule has 0 heterocycles. The monoisotopic (exact) mass is 350 g/mol. The van der Waals surface area contributed by atoms with E-state index in [-0.39, 0.29) is 24.4 Å². The first kappa shape index (κ1) is 21.3. The van der Waals surface area contributed by atoms with Gasteiger partial charge in [0.05, 0.1) is 12.5 Å². The van der Waals surface area contributed by atoms with E-state index in [1.807, 2.05) is 12.2 Å². The van der Waals surface area contributed by atoms with Gasteiger partial charge in [0, 0.05) is 17.6 Å². The quantitative estimate of drug-likeness (QED) is 0.300. The van der Waals surface area contributed by atoms with Crippen LogP contribution in [0.5, 0.6) is 0 Å². The normalized spacial score (nSPS) is 16.2. The SMILES string of the molecule is CCCCC[C@H](O)CCC1=C(CC=CCCCC(=O)O)C(=O)CC1=O. The third-order valence-electron chi connectivity index (χ3n) is 4.48. The van der Waals surface area contributed by atoms with Gasteiger partial charge in [-0.05, 0) is 38.5 Å². The van der Waals surface area contributed by atoms with Crippen molar-refractivity contribution in [2.75, 3.05) is 0 Å². The van der Waals surface area contributed by atoms with Crippen LogP contribution in [0.4, 0.5) is 0 Å². The number of hydrogen-bond acceptors (Lipinski definition) is 4. The zero-order valence-electron chi connectivity index (χ0n) is 15.1. The average Bonchev–Trinajstić information content (AvgIpc) is 2.82. The fraction of sp³-hybridized carbons (Fsp3) is 0.650. The molecular weight excluding hydrogens is 320 g/mol. The van der Waals surface area contributed by atoms with E-state index in [9.17, 15) is 19.5 Å². The molecule has 5 heteroatoms. The number of unbranched alkanes of at least 4 members (excludes halogenated alkanes) is 3. The summed E-state index contributed by atoms with van der Waals surface area (Å²) in [5, 5.41) is 18.6. The van der Waals surface area contributed by atoms with E-state index in [1.165, 1.54) is 0 Å². The number of Topliss-reactive ketones (excluding diaryl/α,β-unsaturated/α-hetero) is 2. The molecule has 140 valence electrons. The molecular formula is C20H30O5. The van der Waals surface area contributed by atoms with Crippen LogP contribution in [-0.4, -0.2) is 33.9 Å². The summed E-state index contributed by atoms with van der Waals surface area (Å²) in [6.45, 7) is 2.11. The minimum absolute atomic E-state index is 0.0521. The van der Waals surface area contributed by atoms with Crippen LogP contribution >= 0.6 is 0 Å². The highest BCUT2D eigenvalue weighted by Crippen LogP contribution is 2.27. The number of aliphatic carboxylic acids is 1. The van der Waals surface area contributed by atoms with Crippen molar-refractivity contribution >= 4 is 17.5 Å². The Hall–Kier alpha value is -1.75. The molecule has 0 spiro atoms. The van der Waals surface area contributed by atoms with Crippen LogP contribution in [0.1, 0.15) is 77.6 Å². The Morgan fingerprint density at radius 1 is 1.08 bits per heavy atom. The Morgan fingerprint density at radius 2 is 1.80 bits per heavy atom. The van der Waals surface area contributed by atoms with Crippen molar-refractivity contribution < 1.29 is 24.6 Å². The number of aliphatic hydroxyl groups is 1. The lowest BCUT2D eigenvalue weighted by atomic mass is 9.98. The zero-order valence-corrected chi connectivity index (χ0v) is 15.1. The maximum Gasteiger partial charge on any atom is 0.303 e. The summed E-state index contributed by atoms with van der Waals surface area (Å²) >= 11 is 0. The lowest BCUT2D eigenvalue weighted by Crippen LogP contribution is -2.08. The largest absolute Gasteiger partial charge is 0.481 e. The molecule has 0 aromatic rings. The van der Waals surface area contributed by atoms with Crippen LogP contribution in [0.2, 0.25) is 0 Å². The first-order valence-electron chi connectivity index (χ1n) is 9.29. The van der Waals surface area contributed by atoms with E-state index in [0.29, 0.717) is 43.3 Å². The smallest absolute Gasteiger partial charge is 0.303 e. The molecule has 1 rings (SSSR count). The fourth-order valence-corrected chi connectivity index (χ4v) is 3.00. The van der Waals surface area contributed by atoms with Gasteiger partial charge in [-0.25, -0.2) is 0 Å². The van der Waals surface area contributed by atoms with Gasteiger partial charge in [0.2, 0.25) is 0 Å². The van der Waals surface area contributed by atoms with Crippen LogP contribution in [0, 0.1) is 0 Å². The Kier molecular flexibility index (Phi) is 10.0. The summed E-state index contributed by atoms with van der Waals surface area (Å²) in [5.74, 6) is -1.04. The molecule has 1 aliphatic carbocycles. The van der Waals surface area contributed by atoms with Gasteiger partial charge in [-0.15, -0.1) is 0 Å². The maximum atomic E-state index is 12.0. The van der Waals surface area contributed by atoms with Crippen molar-refractivity contribution in [1.29, 1.82) is 0 Å². The highest BCUT2D eigenvalue weighted by Gasteiger charge is 2.29. The Labute approximate surface area is 149 Å². The summed E-state index contributed by atoms with van der Waals surface area (Å²) in [6.07, 6.45) is 9.88. The molecule has 0 aromatic carbocycles. The highest BCUT2D eigenvalue weighted by molar-refractivity contribution is 6.22. The summed E-state index contributed by atoms with van der Waals surface area (Å²) in [6, 6.07) is 0. The molecule has 0 radical (unpaired) electrons. The second kappa shape index (κ2) is 11.7. The molecule has 25 heavy (non-hydrogen) atoms. The number of carbonyl (C=O) groups excluding carboxylic acids is 2. The molecule has 0 amide bonds. The van der Waals surface area contributed by atoms with Crippen molar-refractivity contribution in [3.05, 3.63) is 23.3 Å². The summed E-state index contributed by atoms with van der Waals surface area (Å²) in [4.78, 5) is 34.5. The van der Waals surface area contributed by atoms with Crippen molar-refractivity contribution in [3.8, 4) is 0 Å². The van der Waals surface area contributed by atoms with Crippen LogP contribution in [0.15, 0.2) is 23.3 Å². The predicted octanol–water partition coefficient (Wildman–Crippen LogP) is 3.75. The van der Waals surface area contributed by atoms with E-state index in [2.05, 4.69) is 6.92 Å². The number of allylic oxidation sites excluding steroid dienone is 4. The third kappa shape index (κ3) is 8.25. The van der Waals surface area contributed by atoms with Gasteiger partial charge in [0.25, 0.3) is 0 Å². The van der Waals surface area contributed by atoms with E-state index >= 15 is 0 Å². The Morgan fingerprint density at radius 3 is 2.48 bits per heavy atom. The highest BCUT2D eigenvalue weighted by atomic mass is 16.4. The molecule has 2 N–H and O–H groups in total. The molecule has 0 saturated heterocycles. The topological polar surface area (TPSA) is 91.7 Å². The van der Waals surface area contributed by atoms with Gasteiger partial charge in [-0.3, -0.25) is 14.4 Å². The second-order valence-electron chi connectivity index (χ2n) is 6.63. The van der Waals surface area contributed by atoms with Crippen molar-refractivity contribution in [2.45, 2.75) is 83.7 Å². The molecule has 5 nitrogen and oxygen atoms in total. The summed E-state index contributed by atoms with van der Waals surface area (Å²) in [7, 11) is 0. The molecule has 0 saturated carbocycles. The minimum atomic E-state index is -0.813. The predicted molar refractivity (Wildman–Crippen MR) is 96.3 cm³/mol. The van der Waals surface area contributed by atoms with E-state index in [1.54, 1.807) is 0 Å². The van der Waals surface area contributed by atoms with Crippen molar-refractivity contribution in [1.82, 2.24) is 0 Å². The van der Waals surface area contributed by atoms with Crippen LogP contribution < -0.4 is 0 Å². The fourth-order valence-electron chi connectivity index (χ4n) is 3.00. The third-order valence-corrected chi connectivity index (χ3v) is 4.48. The van der Waals surface area contributed by atoms with Crippen LogP contribution in [0.3, 0.4) is 0 Å². The van der Waals surface area contributed by atoms with E-state index in [4.69, 9.17) is 5.11 Å². The van der Waals surface area contributed by atoms with Crippen LogP contribution in [0.25, 0.3) is 0 Å². The van der Waals surface area contributed by atoms with Crippen molar-refractivity contribution in [2.24, 2.45) is 0 Å². The number of hydrogen-bond donors (Lipinski definition) is 2. The number of carbonyl (C=O) groups is 3. The van der Waals surface area contributed by atoms with Gasteiger partial charge < -0.3 is 10.2 Å². The number of carboxylic acid groups (broad SMARTS) is 1. The van der Waals surface area contributed by atoms with Gasteiger partial charge in [0.15, 0.2) is 11.6 Å². The number of carboxylic acids is 1. The molecule has 0 fully saturated rings. The van der Waals surface area contributed by atoms with Gasteiger partial charge in [0.1, 0.15) is 0 Å². The molecule has 0 aliphatic heterocycles. The summed E-state index contributed by atoms with van der Waals surface area (Å²) in [5.41, 5.74) is 1.15. The average molecular weight is 350 g/mol. The molecule has 0 unspecified atom stereocenters. The standard InChI is InChI=1S/C20H30O5/c1-2-3-6-9-15(21)12-13-17-16(18(22)14-19(17)23)10-7-4-5-8-11-20(24)25/h4,7,15,21H,2-3,5-6,8-14H2,1H3,(H,24,25)/t15-/m0/s1. The molecule has 0 bridgehead atoms. The molecule has 1 atom stereocenters. The van der Waals surface area contributed by atoms with E-state index < -0.39 is 12.1 Å². The first-order valence-corrected chi connectivity index (χ1v) is 9.29. The van der Waals surface area contributed by atoms with Crippen LogP contribution in [-0.2, 0) is 14.4 Å². The molecule has 0 aromatic heterocycles. The second-order valence-corrected chi connectivity index (χ2v) is 6.63. The zero-order chi connectivity index (χ0) is 18.7. The Balaban J connectivity index is 2.50. The number of ketones is 2. The van der Waals surface area contributed by atoms with Gasteiger partial charge in [-0.1, -0.05) is 38.3 Å². The first-order chi connectivity index (χ1) is 12.0. The van der Waals surface area contributed by atoms with Gasteiger partial charge in [-0.2, -0.15) is 0 Å². The minimum Gasteiger partial charge on any atom is -0.481 e. The maximum absolute atomic E-state index is 12.0. The Bertz CT molecular complexity index is 530. The summed E-state index contributed by atoms with van der Waals surface area (Å²) < 4.78 is 0.